The van der Waals surface area contributed by atoms with Crippen molar-refractivity contribution >= 4 is 17.8 Å². The summed E-state index contributed by atoms with van der Waals surface area (Å²) < 4.78 is 25.4. The van der Waals surface area contributed by atoms with E-state index in [1.165, 1.54) is 0 Å². The molecule has 3 spiro atoms. The lowest BCUT2D eigenvalue weighted by Gasteiger charge is -2.53. The molecule has 0 amide bonds. The molecule has 5 heterocycles. The Kier molecular flexibility index (Phi) is 7.96. The Labute approximate surface area is 230 Å². The van der Waals surface area contributed by atoms with Crippen LogP contribution in [0.25, 0.3) is 0 Å². The third-order valence-electron chi connectivity index (χ3n) is 8.05. The van der Waals surface area contributed by atoms with Crippen LogP contribution in [0.4, 0.5) is 17.8 Å². The number of ether oxygens (including phenoxy) is 4. The van der Waals surface area contributed by atoms with Gasteiger partial charge in [-0.25, -0.2) is 0 Å². The number of hydrogen-bond acceptors (Lipinski definition) is 13. The Bertz CT molecular complexity index is 937. The van der Waals surface area contributed by atoms with Crippen LogP contribution in [0.5, 0.6) is 0 Å². The molecular weight excluding hydrogens is 506 g/mol. The average molecular weight is 552 g/mol. The highest BCUT2D eigenvalue weighted by Crippen LogP contribution is 2.42. The minimum absolute atomic E-state index is 0.0877. The van der Waals surface area contributed by atoms with E-state index in [1.807, 2.05) is 27.7 Å². The summed E-state index contributed by atoms with van der Waals surface area (Å²) in [6.45, 7) is 12.7. The van der Waals surface area contributed by atoms with E-state index in [4.69, 9.17) is 18.9 Å². The molecule has 0 atom stereocenters. The number of hydrogen-bond donors (Lipinski definition) is 5. The van der Waals surface area contributed by atoms with Crippen LogP contribution in [0.1, 0.15) is 53.4 Å². The lowest BCUT2D eigenvalue weighted by molar-refractivity contribution is -0.373. The largest absolute Gasteiger partial charge is 0.394 e. The summed E-state index contributed by atoms with van der Waals surface area (Å²) in [7, 11) is 0. The van der Waals surface area contributed by atoms with E-state index in [0.29, 0.717) is 70.2 Å². The number of aliphatic hydroxyl groups is 2. The number of nitrogens with zero attached hydrogens (tertiary/aromatic N) is 4. The Hall–Kier alpha value is -1.87. The molecule has 0 bridgehead atoms. The molecule has 1 aromatic heterocycles. The Morgan fingerprint density at radius 3 is 1.62 bits per heavy atom. The number of anilines is 3. The molecule has 1 aromatic rings. The SMILES string of the molecule is CC(C)(CO)Nc1nc(NC(C)(C)CO)nc(N2CCC3(CC2)OCC2(COC4(CCNCC4)OC2)CO3)n1. The van der Waals surface area contributed by atoms with Crippen molar-refractivity contribution in [1.82, 2.24) is 20.3 Å². The second-order valence-corrected chi connectivity index (χ2v) is 12.8. The maximum Gasteiger partial charge on any atom is 0.231 e. The van der Waals surface area contributed by atoms with Crippen molar-refractivity contribution < 1.29 is 29.2 Å². The van der Waals surface area contributed by atoms with Gasteiger partial charge in [-0.3, -0.25) is 0 Å². The molecule has 0 aliphatic carbocycles. The number of rotatable bonds is 7. The summed E-state index contributed by atoms with van der Waals surface area (Å²) in [4.78, 5) is 15.9. The van der Waals surface area contributed by atoms with Crippen LogP contribution in [0.2, 0.25) is 0 Å². The fourth-order valence-corrected chi connectivity index (χ4v) is 5.21. The molecule has 0 aromatic carbocycles. The van der Waals surface area contributed by atoms with Gasteiger partial charge in [-0.15, -0.1) is 0 Å². The Morgan fingerprint density at radius 1 is 0.744 bits per heavy atom. The molecule has 0 radical (unpaired) electrons. The van der Waals surface area contributed by atoms with Crippen molar-refractivity contribution in [3.63, 3.8) is 0 Å². The maximum atomic E-state index is 9.73. The predicted molar refractivity (Wildman–Crippen MR) is 145 cm³/mol. The molecule has 0 saturated carbocycles. The number of aliphatic hydroxyl groups excluding tert-OH is 2. The standard InChI is InChI=1S/C26H45N7O6/c1-22(2,13-34)31-19-28-20(32-23(3,4)14-35)30-21(29-19)33-11-7-26(8-12-33)38-17-24(18-39-26)15-36-25(37-16-24)5-9-27-10-6-25/h27,34-35H,5-18H2,1-4H3,(H2,28,29,30,31,32). The first kappa shape index (κ1) is 28.7. The van der Waals surface area contributed by atoms with Crippen LogP contribution in [0, 0.1) is 5.41 Å². The van der Waals surface area contributed by atoms with Gasteiger partial charge >= 0.3 is 0 Å². The summed E-state index contributed by atoms with van der Waals surface area (Å²) in [6, 6.07) is 0. The number of piperidine rings is 2. The zero-order valence-corrected chi connectivity index (χ0v) is 23.7. The van der Waals surface area contributed by atoms with E-state index in [-0.39, 0.29) is 18.6 Å². The van der Waals surface area contributed by atoms with Crippen LogP contribution in [-0.2, 0) is 18.9 Å². The van der Waals surface area contributed by atoms with Gasteiger partial charge in [0.05, 0.1) is 56.1 Å². The number of aromatic nitrogens is 3. The van der Waals surface area contributed by atoms with Crippen molar-refractivity contribution in [2.45, 2.75) is 76.0 Å². The van der Waals surface area contributed by atoms with E-state index in [9.17, 15) is 10.2 Å². The second kappa shape index (κ2) is 10.8. The molecule has 4 saturated heterocycles. The molecule has 220 valence electrons. The van der Waals surface area contributed by atoms with Crippen molar-refractivity contribution in [3.8, 4) is 0 Å². The average Bonchev–Trinajstić information content (AvgIpc) is 2.93. The fraction of sp³-hybridized carbons (Fsp3) is 0.885. The van der Waals surface area contributed by atoms with Gasteiger partial charge in [0.2, 0.25) is 17.8 Å². The molecule has 4 aliphatic heterocycles. The first-order valence-electron chi connectivity index (χ1n) is 14.0. The Balaban J connectivity index is 1.21. The van der Waals surface area contributed by atoms with E-state index in [0.717, 1.165) is 25.9 Å². The zero-order valence-electron chi connectivity index (χ0n) is 23.7. The molecule has 5 rings (SSSR count). The van der Waals surface area contributed by atoms with E-state index in [2.05, 4.69) is 35.8 Å². The van der Waals surface area contributed by atoms with Gasteiger partial charge in [0.25, 0.3) is 0 Å². The molecular formula is C26H45N7O6. The van der Waals surface area contributed by atoms with E-state index >= 15 is 0 Å². The fourth-order valence-electron chi connectivity index (χ4n) is 5.21. The van der Waals surface area contributed by atoms with Crippen LogP contribution in [-0.4, -0.2) is 114 Å². The van der Waals surface area contributed by atoms with E-state index < -0.39 is 22.7 Å². The summed E-state index contributed by atoms with van der Waals surface area (Å²) in [6.07, 6.45) is 3.07. The molecule has 39 heavy (non-hydrogen) atoms. The normalized spacial score (nSPS) is 24.7. The van der Waals surface area contributed by atoms with Gasteiger partial charge < -0.3 is 50.0 Å². The Morgan fingerprint density at radius 2 is 1.18 bits per heavy atom. The first-order chi connectivity index (χ1) is 18.5. The highest BCUT2D eigenvalue weighted by Gasteiger charge is 2.51. The molecule has 4 fully saturated rings. The van der Waals surface area contributed by atoms with Gasteiger partial charge in [-0.1, -0.05) is 0 Å². The lowest BCUT2D eigenvalue weighted by atomic mass is 9.87. The van der Waals surface area contributed by atoms with Gasteiger partial charge in [-0.05, 0) is 27.7 Å². The highest BCUT2D eigenvalue weighted by atomic mass is 16.7. The predicted octanol–water partition coefficient (Wildman–Crippen LogP) is 0.693. The van der Waals surface area contributed by atoms with Crippen molar-refractivity contribution in [2.75, 3.05) is 81.4 Å². The minimum Gasteiger partial charge on any atom is -0.394 e. The van der Waals surface area contributed by atoms with Gasteiger partial charge in [-0.2, -0.15) is 15.0 Å². The summed E-state index contributed by atoms with van der Waals surface area (Å²) in [5.74, 6) is 0.124. The van der Waals surface area contributed by atoms with Gasteiger partial charge in [0.15, 0.2) is 11.6 Å². The molecule has 4 aliphatic rings. The first-order valence-corrected chi connectivity index (χ1v) is 14.0. The third-order valence-corrected chi connectivity index (χ3v) is 8.05. The van der Waals surface area contributed by atoms with Crippen LogP contribution < -0.4 is 20.9 Å². The smallest absolute Gasteiger partial charge is 0.231 e. The minimum atomic E-state index is -0.640. The zero-order chi connectivity index (χ0) is 27.8. The van der Waals surface area contributed by atoms with Crippen molar-refractivity contribution in [3.05, 3.63) is 0 Å². The molecule has 0 unspecified atom stereocenters. The van der Waals surface area contributed by atoms with Crippen LogP contribution in [0.15, 0.2) is 0 Å². The number of nitrogens with one attached hydrogen (secondary N) is 3. The molecule has 13 nitrogen and oxygen atoms in total. The second-order valence-electron chi connectivity index (χ2n) is 12.8. The van der Waals surface area contributed by atoms with Crippen molar-refractivity contribution in [2.24, 2.45) is 5.41 Å². The summed E-state index contributed by atoms with van der Waals surface area (Å²) in [5.41, 5.74) is -1.50. The quantitative estimate of drug-likeness (QED) is 0.323. The molecule has 5 N–H and O–H groups in total. The molecule has 13 heteroatoms. The van der Waals surface area contributed by atoms with Crippen LogP contribution >= 0.6 is 0 Å². The monoisotopic (exact) mass is 551 g/mol. The topological polar surface area (TPSA) is 155 Å². The van der Waals surface area contributed by atoms with Gasteiger partial charge in [0, 0.05) is 51.9 Å². The van der Waals surface area contributed by atoms with E-state index in [1.54, 1.807) is 0 Å². The van der Waals surface area contributed by atoms with Crippen molar-refractivity contribution in [1.29, 1.82) is 0 Å². The summed E-state index contributed by atoms with van der Waals surface area (Å²) in [5, 5.41) is 29.2. The highest BCUT2D eigenvalue weighted by molar-refractivity contribution is 5.46. The maximum absolute atomic E-state index is 9.73. The van der Waals surface area contributed by atoms with Gasteiger partial charge in [0.1, 0.15) is 0 Å². The summed E-state index contributed by atoms with van der Waals surface area (Å²) >= 11 is 0. The van der Waals surface area contributed by atoms with Crippen LogP contribution in [0.3, 0.4) is 0 Å². The lowest BCUT2D eigenvalue weighted by Crippen LogP contribution is -2.62. The third kappa shape index (κ3) is 6.55.